The number of fused-ring (bicyclic) bond motifs is 1. The molecular weight excluding hydrogens is 340 g/mol. The lowest BCUT2D eigenvalue weighted by molar-refractivity contribution is 0.0729. The molecular formula is C20H18N6O. The minimum atomic E-state index is -0.0549. The fourth-order valence-corrected chi connectivity index (χ4v) is 3.71. The number of carbonyl (C=O) groups excluding carboxylic acids is 1. The van der Waals surface area contributed by atoms with Crippen molar-refractivity contribution in [2.45, 2.75) is 18.9 Å². The van der Waals surface area contributed by atoms with Crippen LogP contribution in [-0.4, -0.2) is 41.7 Å². The molecule has 1 atom stereocenters. The van der Waals surface area contributed by atoms with Crippen LogP contribution in [0.1, 0.15) is 35.1 Å². The zero-order valence-corrected chi connectivity index (χ0v) is 14.6. The van der Waals surface area contributed by atoms with Crippen molar-refractivity contribution in [3.05, 3.63) is 78.5 Å². The summed E-state index contributed by atoms with van der Waals surface area (Å²) in [6.07, 6.45) is 7.42. The molecule has 0 saturated carbocycles. The van der Waals surface area contributed by atoms with E-state index in [2.05, 4.69) is 15.3 Å². The van der Waals surface area contributed by atoms with Gasteiger partial charge in [0.2, 0.25) is 0 Å². The second kappa shape index (κ2) is 6.35. The average Bonchev–Trinajstić information content (AvgIpc) is 3.47. The summed E-state index contributed by atoms with van der Waals surface area (Å²) < 4.78 is 3.74. The molecule has 1 aliphatic rings. The van der Waals surface area contributed by atoms with Gasteiger partial charge >= 0.3 is 0 Å². The molecule has 0 bridgehead atoms. The molecule has 1 amide bonds. The molecule has 4 aromatic rings. The lowest BCUT2D eigenvalue weighted by Crippen LogP contribution is -2.31. The van der Waals surface area contributed by atoms with Gasteiger partial charge in [-0.25, -0.2) is 4.68 Å². The Morgan fingerprint density at radius 2 is 1.89 bits per heavy atom. The summed E-state index contributed by atoms with van der Waals surface area (Å²) >= 11 is 0. The number of hydrogen-bond donors (Lipinski definition) is 0. The van der Waals surface area contributed by atoms with Crippen molar-refractivity contribution in [3.8, 4) is 5.69 Å². The van der Waals surface area contributed by atoms with Crippen molar-refractivity contribution in [2.24, 2.45) is 0 Å². The van der Waals surface area contributed by atoms with E-state index in [1.165, 1.54) is 0 Å². The molecule has 7 heteroatoms. The molecule has 1 aromatic carbocycles. The molecule has 0 N–H and O–H groups in total. The summed E-state index contributed by atoms with van der Waals surface area (Å²) in [6.45, 7) is 0.728. The Morgan fingerprint density at radius 1 is 1.00 bits per heavy atom. The maximum Gasteiger partial charge on any atom is 0.254 e. The average molecular weight is 358 g/mol. The van der Waals surface area contributed by atoms with Crippen LogP contribution in [0.2, 0.25) is 0 Å². The van der Waals surface area contributed by atoms with Gasteiger partial charge < -0.3 is 4.90 Å². The van der Waals surface area contributed by atoms with Crippen molar-refractivity contribution in [1.82, 2.24) is 29.3 Å². The van der Waals surface area contributed by atoms with Gasteiger partial charge in [-0.2, -0.15) is 5.10 Å². The topological polar surface area (TPSA) is 68.3 Å². The van der Waals surface area contributed by atoms with Crippen molar-refractivity contribution in [2.75, 3.05) is 6.54 Å². The molecule has 5 rings (SSSR count). The monoisotopic (exact) mass is 358 g/mol. The highest BCUT2D eigenvalue weighted by Gasteiger charge is 2.33. The third-order valence-corrected chi connectivity index (χ3v) is 5.04. The maximum absolute atomic E-state index is 13.1. The van der Waals surface area contributed by atoms with Gasteiger partial charge in [-0.05, 0) is 55.3 Å². The summed E-state index contributed by atoms with van der Waals surface area (Å²) in [5, 5.41) is 12.8. The molecule has 4 heterocycles. The molecule has 1 saturated heterocycles. The van der Waals surface area contributed by atoms with Crippen LogP contribution in [0, 0.1) is 0 Å². The summed E-state index contributed by atoms with van der Waals surface area (Å²) in [7, 11) is 0. The Morgan fingerprint density at radius 3 is 2.70 bits per heavy atom. The van der Waals surface area contributed by atoms with Gasteiger partial charge in [-0.1, -0.05) is 6.07 Å². The normalized spacial score (nSPS) is 16.9. The van der Waals surface area contributed by atoms with E-state index in [0.29, 0.717) is 5.56 Å². The van der Waals surface area contributed by atoms with E-state index in [1.54, 1.807) is 10.9 Å². The van der Waals surface area contributed by atoms with Crippen LogP contribution in [0.3, 0.4) is 0 Å². The molecule has 7 nitrogen and oxygen atoms in total. The van der Waals surface area contributed by atoms with Crippen LogP contribution in [0.15, 0.2) is 67.1 Å². The van der Waals surface area contributed by atoms with E-state index in [0.717, 1.165) is 36.5 Å². The number of rotatable bonds is 3. The maximum atomic E-state index is 13.1. The largest absolute Gasteiger partial charge is 0.328 e. The van der Waals surface area contributed by atoms with Crippen LogP contribution in [0.4, 0.5) is 0 Å². The molecule has 134 valence electrons. The molecule has 1 aliphatic heterocycles. The highest BCUT2D eigenvalue weighted by Crippen LogP contribution is 2.32. The minimum Gasteiger partial charge on any atom is -0.328 e. The summed E-state index contributed by atoms with van der Waals surface area (Å²) in [4.78, 5) is 15.0. The van der Waals surface area contributed by atoms with Gasteiger partial charge in [0.1, 0.15) is 0 Å². The van der Waals surface area contributed by atoms with Crippen molar-refractivity contribution in [3.63, 3.8) is 0 Å². The van der Waals surface area contributed by atoms with Crippen LogP contribution < -0.4 is 0 Å². The number of amides is 1. The molecule has 3 aromatic heterocycles. The SMILES string of the molecule is O=C(c1ccc(-n2cccn2)cc1)N1CCC[C@@H]1c1nnc2ccccn12. The Hall–Kier alpha value is -3.48. The summed E-state index contributed by atoms with van der Waals surface area (Å²) in [5.74, 6) is 0.849. The number of carbonyl (C=O) groups is 1. The standard InChI is InChI=1S/C20H18N6O/c27-20(15-7-9-16(10-8-15)26-14-4-11-21-26)24-13-3-5-17(24)19-23-22-18-6-1-2-12-25(18)19/h1-2,4,6-12,14,17H,3,5,13H2/t17-/m1/s1. The van der Waals surface area contributed by atoms with E-state index in [-0.39, 0.29) is 11.9 Å². The van der Waals surface area contributed by atoms with Gasteiger partial charge in [0.15, 0.2) is 11.5 Å². The molecule has 0 aliphatic carbocycles. The van der Waals surface area contributed by atoms with Crippen molar-refractivity contribution >= 4 is 11.6 Å². The number of benzene rings is 1. The Labute approximate surface area is 155 Å². The first-order valence-electron chi connectivity index (χ1n) is 9.02. The number of aromatic nitrogens is 5. The summed E-state index contributed by atoms with van der Waals surface area (Å²) in [6, 6.07) is 15.2. The van der Waals surface area contributed by atoms with E-state index in [4.69, 9.17) is 0 Å². The Bertz CT molecular complexity index is 1080. The van der Waals surface area contributed by atoms with E-state index < -0.39 is 0 Å². The number of likely N-dealkylation sites (tertiary alicyclic amines) is 1. The first-order chi connectivity index (χ1) is 13.3. The van der Waals surface area contributed by atoms with Gasteiger partial charge in [-0.15, -0.1) is 10.2 Å². The van der Waals surface area contributed by atoms with Gasteiger partial charge in [-0.3, -0.25) is 9.20 Å². The molecule has 0 spiro atoms. The third kappa shape index (κ3) is 2.68. The quantitative estimate of drug-likeness (QED) is 0.565. The van der Waals surface area contributed by atoms with Gasteiger partial charge in [0.25, 0.3) is 5.91 Å². The summed E-state index contributed by atoms with van der Waals surface area (Å²) in [5.41, 5.74) is 2.40. The first-order valence-corrected chi connectivity index (χ1v) is 9.02. The number of hydrogen-bond acceptors (Lipinski definition) is 4. The zero-order chi connectivity index (χ0) is 18.2. The Kier molecular flexibility index (Phi) is 3.71. The van der Waals surface area contributed by atoms with Crippen LogP contribution >= 0.6 is 0 Å². The predicted molar refractivity (Wildman–Crippen MR) is 99.6 cm³/mol. The smallest absolute Gasteiger partial charge is 0.254 e. The lowest BCUT2D eigenvalue weighted by atomic mass is 10.1. The second-order valence-electron chi connectivity index (χ2n) is 6.64. The second-order valence-corrected chi connectivity index (χ2v) is 6.64. The van der Waals surface area contributed by atoms with Crippen LogP contribution in [-0.2, 0) is 0 Å². The van der Waals surface area contributed by atoms with E-state index >= 15 is 0 Å². The fourth-order valence-electron chi connectivity index (χ4n) is 3.71. The fraction of sp³-hybridized carbons (Fsp3) is 0.200. The van der Waals surface area contributed by atoms with Crippen molar-refractivity contribution in [1.29, 1.82) is 0 Å². The van der Waals surface area contributed by atoms with Crippen LogP contribution in [0.5, 0.6) is 0 Å². The molecule has 1 fully saturated rings. The number of pyridine rings is 1. The highest BCUT2D eigenvalue weighted by atomic mass is 16.2. The molecule has 0 unspecified atom stereocenters. The third-order valence-electron chi connectivity index (χ3n) is 5.04. The first kappa shape index (κ1) is 15.7. The molecule has 0 radical (unpaired) electrons. The van der Waals surface area contributed by atoms with E-state index in [1.807, 2.05) is 70.2 Å². The lowest BCUT2D eigenvalue weighted by Gasteiger charge is -2.23. The van der Waals surface area contributed by atoms with Crippen molar-refractivity contribution < 1.29 is 4.79 Å². The van der Waals surface area contributed by atoms with Gasteiger partial charge in [0.05, 0.1) is 11.7 Å². The minimum absolute atomic E-state index is 0.0252. The zero-order valence-electron chi connectivity index (χ0n) is 14.6. The number of nitrogens with zero attached hydrogens (tertiary/aromatic N) is 6. The van der Waals surface area contributed by atoms with Crippen LogP contribution in [0.25, 0.3) is 11.3 Å². The highest BCUT2D eigenvalue weighted by molar-refractivity contribution is 5.94. The Balaban J connectivity index is 1.44. The van der Waals surface area contributed by atoms with E-state index in [9.17, 15) is 4.79 Å². The molecule has 27 heavy (non-hydrogen) atoms. The predicted octanol–water partition coefficient (Wildman–Crippen LogP) is 2.89. The van der Waals surface area contributed by atoms with Gasteiger partial charge in [0, 0.05) is 30.7 Å².